The number of ketones is 1. The van der Waals surface area contributed by atoms with Gasteiger partial charge in [-0.1, -0.05) is 23.7 Å². The Balaban J connectivity index is 1.63. The molecule has 172 valence electrons. The summed E-state index contributed by atoms with van der Waals surface area (Å²) in [4.78, 5) is 28.0. The van der Waals surface area contributed by atoms with Crippen LogP contribution in [0, 0.1) is 0 Å². The number of ether oxygens (including phenoxy) is 2. The quantitative estimate of drug-likeness (QED) is 0.365. The number of hydrogen-bond donors (Lipinski definition) is 1. The molecule has 2 aromatic carbocycles. The average Bonchev–Trinajstić information content (AvgIpc) is 3.57. The smallest absolute Gasteiger partial charge is 0.294 e. The van der Waals surface area contributed by atoms with Crippen molar-refractivity contribution in [2.45, 2.75) is 6.04 Å². The summed E-state index contributed by atoms with van der Waals surface area (Å²) in [6.45, 7) is 0. The number of Topliss-reactive ketones (excluding diaryl/α,β-unsaturated/α-hetero) is 1. The summed E-state index contributed by atoms with van der Waals surface area (Å²) >= 11 is 6.28. The molecule has 0 saturated carbocycles. The van der Waals surface area contributed by atoms with Gasteiger partial charge in [0, 0.05) is 11.1 Å². The number of fused-ring (bicyclic) bond motifs is 1. The van der Waals surface area contributed by atoms with Gasteiger partial charge in [0.1, 0.15) is 17.6 Å². The number of para-hydroxylation sites is 1. The topological polar surface area (TPSA) is 102 Å². The molecule has 34 heavy (non-hydrogen) atoms. The number of aliphatic hydroxyl groups is 1. The van der Waals surface area contributed by atoms with E-state index in [0.717, 1.165) is 0 Å². The number of methoxy groups -OCH3 is 2. The second-order valence-electron chi connectivity index (χ2n) is 7.49. The van der Waals surface area contributed by atoms with Crippen molar-refractivity contribution < 1.29 is 33.0 Å². The molecule has 1 atom stereocenters. The van der Waals surface area contributed by atoms with Crippen LogP contribution in [0.25, 0.3) is 11.0 Å². The molecule has 2 aromatic heterocycles. The van der Waals surface area contributed by atoms with Crippen LogP contribution in [0.3, 0.4) is 0 Å². The third kappa shape index (κ3) is 3.31. The Morgan fingerprint density at radius 1 is 1.06 bits per heavy atom. The van der Waals surface area contributed by atoms with Crippen LogP contribution in [-0.2, 0) is 4.79 Å². The molecule has 8 nitrogen and oxygen atoms in total. The van der Waals surface area contributed by atoms with E-state index in [1.54, 1.807) is 42.5 Å². The molecule has 0 saturated heterocycles. The lowest BCUT2D eigenvalue weighted by Crippen LogP contribution is -2.30. The molecule has 5 rings (SSSR count). The first-order valence-electron chi connectivity index (χ1n) is 10.2. The molecule has 9 heteroatoms. The number of furan rings is 2. The zero-order valence-corrected chi connectivity index (χ0v) is 18.8. The Kier molecular flexibility index (Phi) is 5.30. The van der Waals surface area contributed by atoms with Gasteiger partial charge in [0.15, 0.2) is 22.9 Å². The molecular weight excluding hydrogens is 462 g/mol. The first kappa shape index (κ1) is 21.7. The highest BCUT2D eigenvalue weighted by atomic mass is 35.5. The molecule has 4 aromatic rings. The van der Waals surface area contributed by atoms with Crippen LogP contribution in [0.5, 0.6) is 11.5 Å². The first-order valence-corrected chi connectivity index (χ1v) is 10.6. The summed E-state index contributed by atoms with van der Waals surface area (Å²) in [6.07, 6.45) is 1.42. The molecule has 1 unspecified atom stereocenters. The number of aliphatic hydroxyl groups excluding tert-OH is 1. The average molecular weight is 480 g/mol. The highest BCUT2D eigenvalue weighted by Gasteiger charge is 2.47. The third-order valence-electron chi connectivity index (χ3n) is 5.63. The van der Waals surface area contributed by atoms with E-state index in [0.29, 0.717) is 28.2 Å². The second kappa shape index (κ2) is 8.31. The van der Waals surface area contributed by atoms with E-state index in [2.05, 4.69) is 0 Å². The third-order valence-corrected chi connectivity index (χ3v) is 5.93. The van der Waals surface area contributed by atoms with Gasteiger partial charge in [0.25, 0.3) is 5.91 Å². The van der Waals surface area contributed by atoms with Gasteiger partial charge >= 0.3 is 0 Å². The van der Waals surface area contributed by atoms with Crippen molar-refractivity contribution in [3.8, 4) is 11.5 Å². The summed E-state index contributed by atoms with van der Waals surface area (Å²) < 4.78 is 21.8. The van der Waals surface area contributed by atoms with E-state index >= 15 is 0 Å². The van der Waals surface area contributed by atoms with Gasteiger partial charge in [0.2, 0.25) is 5.78 Å². The predicted molar refractivity (Wildman–Crippen MR) is 124 cm³/mol. The van der Waals surface area contributed by atoms with Crippen molar-refractivity contribution in [2.24, 2.45) is 0 Å². The first-order chi connectivity index (χ1) is 16.4. The van der Waals surface area contributed by atoms with Gasteiger partial charge in [-0.2, -0.15) is 0 Å². The minimum Gasteiger partial charge on any atom is -0.503 e. The molecular formula is C25H18ClNO7. The van der Waals surface area contributed by atoms with Gasteiger partial charge in [-0.15, -0.1) is 0 Å². The number of rotatable bonds is 6. The molecule has 1 aliphatic heterocycles. The number of amides is 1. The molecule has 3 heterocycles. The SMILES string of the molecule is COc1ccc(N2C(=O)C(O)=C(C(=O)c3cc4cccc(OC)c4o3)C2c2ccco2)cc1Cl. The van der Waals surface area contributed by atoms with Gasteiger partial charge in [0.05, 0.1) is 31.1 Å². The number of anilines is 1. The fraction of sp³-hybridized carbons (Fsp3) is 0.120. The summed E-state index contributed by atoms with van der Waals surface area (Å²) in [5.74, 6) is -1.05. The minimum atomic E-state index is -1.05. The maximum atomic E-state index is 13.6. The molecule has 0 aliphatic carbocycles. The Morgan fingerprint density at radius 3 is 2.53 bits per heavy atom. The molecule has 0 radical (unpaired) electrons. The zero-order valence-electron chi connectivity index (χ0n) is 18.1. The van der Waals surface area contributed by atoms with E-state index < -0.39 is 23.5 Å². The Hall–Kier alpha value is -4.17. The number of carbonyl (C=O) groups is 2. The van der Waals surface area contributed by atoms with Crippen LogP contribution < -0.4 is 14.4 Å². The molecule has 1 N–H and O–H groups in total. The predicted octanol–water partition coefficient (Wildman–Crippen LogP) is 5.48. The van der Waals surface area contributed by atoms with Crippen molar-refractivity contribution in [3.05, 3.63) is 88.7 Å². The lowest BCUT2D eigenvalue weighted by Gasteiger charge is -2.25. The van der Waals surface area contributed by atoms with Crippen molar-refractivity contribution in [1.29, 1.82) is 0 Å². The van der Waals surface area contributed by atoms with E-state index in [4.69, 9.17) is 29.9 Å². The van der Waals surface area contributed by atoms with E-state index in [9.17, 15) is 14.7 Å². The van der Waals surface area contributed by atoms with Crippen molar-refractivity contribution in [2.75, 3.05) is 19.1 Å². The minimum absolute atomic E-state index is 0.0555. The van der Waals surface area contributed by atoms with E-state index in [1.807, 2.05) is 0 Å². The van der Waals surface area contributed by atoms with Crippen molar-refractivity contribution in [1.82, 2.24) is 0 Å². The van der Waals surface area contributed by atoms with E-state index in [1.165, 1.54) is 37.5 Å². The Morgan fingerprint density at radius 2 is 1.85 bits per heavy atom. The van der Waals surface area contributed by atoms with Crippen molar-refractivity contribution in [3.63, 3.8) is 0 Å². The van der Waals surface area contributed by atoms with Crippen molar-refractivity contribution >= 4 is 39.9 Å². The van der Waals surface area contributed by atoms with Crippen LogP contribution in [-0.4, -0.2) is 31.0 Å². The number of hydrogen-bond acceptors (Lipinski definition) is 7. The summed E-state index contributed by atoms with van der Waals surface area (Å²) in [6, 6.07) is 13.7. The second-order valence-corrected chi connectivity index (χ2v) is 7.90. The van der Waals surface area contributed by atoms with Gasteiger partial charge in [-0.3, -0.25) is 14.5 Å². The molecule has 1 aliphatic rings. The highest BCUT2D eigenvalue weighted by molar-refractivity contribution is 6.32. The standard InChI is InChI=1S/C25H18ClNO7/c1-31-16-9-8-14(12-15(16)26)27-21(17-7-4-10-33-17)20(23(29)25(27)30)22(28)19-11-13-5-3-6-18(32-2)24(13)34-19/h3-12,21,29H,1-2H3. The number of carbonyl (C=O) groups excluding carboxylic acids is 2. The molecule has 0 spiro atoms. The largest absolute Gasteiger partial charge is 0.503 e. The summed E-state index contributed by atoms with van der Waals surface area (Å²) in [5, 5.41) is 11.7. The van der Waals surface area contributed by atoms with Crippen LogP contribution in [0.15, 0.2) is 81.0 Å². The molecule has 1 amide bonds. The highest BCUT2D eigenvalue weighted by Crippen LogP contribution is 2.44. The fourth-order valence-corrected chi connectivity index (χ4v) is 4.32. The monoisotopic (exact) mass is 479 g/mol. The Labute approximate surface area is 198 Å². The van der Waals surface area contributed by atoms with Gasteiger partial charge in [-0.05, 0) is 42.5 Å². The fourth-order valence-electron chi connectivity index (χ4n) is 4.07. The van der Waals surface area contributed by atoms with Crippen LogP contribution >= 0.6 is 11.6 Å². The van der Waals surface area contributed by atoms with Crippen LogP contribution in [0.4, 0.5) is 5.69 Å². The van der Waals surface area contributed by atoms with Crippen LogP contribution in [0.1, 0.15) is 22.4 Å². The lowest BCUT2D eigenvalue weighted by molar-refractivity contribution is -0.117. The van der Waals surface area contributed by atoms with Gasteiger partial charge < -0.3 is 23.4 Å². The Bertz CT molecular complexity index is 1450. The maximum Gasteiger partial charge on any atom is 0.294 e. The number of halogens is 1. The maximum absolute atomic E-state index is 13.6. The normalized spacial score (nSPS) is 15.9. The number of nitrogens with zero attached hydrogens (tertiary/aromatic N) is 1. The van der Waals surface area contributed by atoms with Crippen LogP contribution in [0.2, 0.25) is 5.02 Å². The zero-order chi connectivity index (χ0) is 24.0. The summed E-state index contributed by atoms with van der Waals surface area (Å²) in [7, 11) is 2.97. The number of benzene rings is 2. The molecule has 0 bridgehead atoms. The molecule has 0 fully saturated rings. The van der Waals surface area contributed by atoms with Gasteiger partial charge in [-0.25, -0.2) is 0 Å². The van der Waals surface area contributed by atoms with E-state index in [-0.39, 0.29) is 22.1 Å². The summed E-state index contributed by atoms with van der Waals surface area (Å²) in [5.41, 5.74) is 0.550. The lowest BCUT2D eigenvalue weighted by atomic mass is 9.99.